The molecule has 0 N–H and O–H groups in total. The van der Waals surface area contributed by atoms with Crippen molar-refractivity contribution in [3.63, 3.8) is 0 Å². The van der Waals surface area contributed by atoms with Crippen molar-refractivity contribution >= 4 is 12.6 Å². The highest BCUT2D eigenvalue weighted by atomic mass is 19.3. The minimum absolute atomic E-state index is 0.448. The molecule has 0 aromatic carbocycles. The summed E-state index contributed by atoms with van der Waals surface area (Å²) in [5.74, 6) is 5.62. The van der Waals surface area contributed by atoms with Crippen molar-refractivity contribution in [3.8, 4) is 11.8 Å². The lowest BCUT2D eigenvalue weighted by Crippen LogP contribution is -2.41. The van der Waals surface area contributed by atoms with Crippen LogP contribution in [0.15, 0.2) is 18.5 Å². The second-order valence-corrected chi connectivity index (χ2v) is 7.26. The number of aromatic nitrogens is 1. The highest BCUT2D eigenvalue weighted by Gasteiger charge is 2.52. The van der Waals surface area contributed by atoms with Crippen LogP contribution in [0.5, 0.6) is 0 Å². The predicted octanol–water partition coefficient (Wildman–Crippen LogP) is 2.78. The summed E-state index contributed by atoms with van der Waals surface area (Å²) >= 11 is 0. The lowest BCUT2D eigenvalue weighted by molar-refractivity contribution is 0.00578. The molecule has 3 nitrogen and oxygen atoms in total. The summed E-state index contributed by atoms with van der Waals surface area (Å²) in [6.45, 7) is 7.87. The fraction of sp³-hybridized carbons (Fsp3) is 0.588. The highest BCUT2D eigenvalue weighted by molar-refractivity contribution is 6.62. The molecule has 1 aromatic rings. The first-order valence-corrected chi connectivity index (χ1v) is 7.78. The van der Waals surface area contributed by atoms with Crippen molar-refractivity contribution in [2.75, 3.05) is 0 Å². The molecule has 122 valence electrons. The van der Waals surface area contributed by atoms with Crippen LogP contribution < -0.4 is 5.46 Å². The van der Waals surface area contributed by atoms with Gasteiger partial charge in [-0.05, 0) is 46.6 Å². The number of hydrogen-bond acceptors (Lipinski definition) is 3. The maximum atomic E-state index is 13.0. The quantitative estimate of drug-likeness (QED) is 0.620. The topological polar surface area (TPSA) is 31.4 Å². The molecule has 1 saturated carbocycles. The van der Waals surface area contributed by atoms with Crippen LogP contribution in [0.4, 0.5) is 8.78 Å². The Morgan fingerprint density at radius 3 is 2.30 bits per heavy atom. The van der Waals surface area contributed by atoms with Crippen LogP contribution in [-0.2, 0) is 9.31 Å². The van der Waals surface area contributed by atoms with Gasteiger partial charge in [0.05, 0.1) is 16.6 Å². The van der Waals surface area contributed by atoms with Crippen molar-refractivity contribution < 1.29 is 18.1 Å². The Bertz CT molecular complexity index is 659. The van der Waals surface area contributed by atoms with E-state index in [9.17, 15) is 8.78 Å². The van der Waals surface area contributed by atoms with Gasteiger partial charge in [0.1, 0.15) is 0 Å². The maximum absolute atomic E-state index is 13.0. The van der Waals surface area contributed by atoms with Crippen molar-refractivity contribution in [2.24, 2.45) is 5.41 Å². The van der Waals surface area contributed by atoms with Crippen LogP contribution in [0.1, 0.15) is 46.1 Å². The Labute approximate surface area is 135 Å². The lowest BCUT2D eigenvalue weighted by Gasteiger charge is -2.32. The Balaban J connectivity index is 1.90. The highest BCUT2D eigenvalue weighted by Crippen LogP contribution is 2.50. The molecule has 6 heteroatoms. The first-order chi connectivity index (χ1) is 10.7. The Morgan fingerprint density at radius 2 is 1.78 bits per heavy atom. The monoisotopic (exact) mass is 319 g/mol. The summed E-state index contributed by atoms with van der Waals surface area (Å²) in [6, 6.07) is 1.77. The molecule has 23 heavy (non-hydrogen) atoms. The number of pyridine rings is 1. The minimum Gasteiger partial charge on any atom is -0.399 e. The van der Waals surface area contributed by atoms with Gasteiger partial charge in [0.2, 0.25) is 0 Å². The van der Waals surface area contributed by atoms with Crippen LogP contribution in [0.2, 0.25) is 0 Å². The van der Waals surface area contributed by atoms with Crippen molar-refractivity contribution in [2.45, 2.75) is 58.2 Å². The number of alkyl halides is 2. The zero-order chi connectivity index (χ0) is 16.9. The normalized spacial score (nSPS) is 23.5. The fourth-order valence-electron chi connectivity index (χ4n) is 2.41. The first kappa shape index (κ1) is 16.4. The van der Waals surface area contributed by atoms with Crippen LogP contribution in [0, 0.1) is 17.3 Å². The molecule has 0 unspecified atom stereocenters. The smallest absolute Gasteiger partial charge is 0.399 e. The van der Waals surface area contributed by atoms with Crippen molar-refractivity contribution in [1.82, 2.24) is 4.98 Å². The molecule has 1 aromatic heterocycles. The van der Waals surface area contributed by atoms with E-state index in [2.05, 4.69) is 16.8 Å². The van der Waals surface area contributed by atoms with Gasteiger partial charge in [-0.15, -0.1) is 0 Å². The average molecular weight is 319 g/mol. The van der Waals surface area contributed by atoms with E-state index in [1.165, 1.54) is 0 Å². The number of halogens is 2. The van der Waals surface area contributed by atoms with E-state index in [1.807, 2.05) is 27.7 Å². The molecule has 0 spiro atoms. The van der Waals surface area contributed by atoms with E-state index in [0.29, 0.717) is 18.4 Å². The van der Waals surface area contributed by atoms with Gasteiger partial charge >= 0.3 is 7.12 Å². The Kier molecular flexibility index (Phi) is 3.77. The number of nitrogens with zero attached hydrogens (tertiary/aromatic N) is 1. The molecule has 2 fully saturated rings. The van der Waals surface area contributed by atoms with Gasteiger partial charge in [0, 0.05) is 23.4 Å². The van der Waals surface area contributed by atoms with Gasteiger partial charge in [0.15, 0.2) is 0 Å². The van der Waals surface area contributed by atoms with Gasteiger partial charge in [-0.2, -0.15) is 0 Å². The number of hydrogen-bond donors (Lipinski definition) is 0. The largest absolute Gasteiger partial charge is 0.496 e. The van der Waals surface area contributed by atoms with Gasteiger partial charge in [-0.3, -0.25) is 4.98 Å². The third-order valence-electron chi connectivity index (χ3n) is 5.01. The third kappa shape index (κ3) is 2.88. The summed E-state index contributed by atoms with van der Waals surface area (Å²) < 4.78 is 38.1. The maximum Gasteiger partial charge on any atom is 0.496 e. The summed E-state index contributed by atoms with van der Waals surface area (Å²) in [6.07, 6.45) is 1.69. The van der Waals surface area contributed by atoms with E-state index in [4.69, 9.17) is 9.31 Å². The predicted molar refractivity (Wildman–Crippen MR) is 84.5 cm³/mol. The molecule has 2 aliphatic rings. The van der Waals surface area contributed by atoms with E-state index >= 15 is 0 Å². The van der Waals surface area contributed by atoms with Crippen molar-refractivity contribution in [1.29, 1.82) is 0 Å². The van der Waals surface area contributed by atoms with Crippen LogP contribution >= 0.6 is 0 Å². The molecule has 3 rings (SSSR count). The third-order valence-corrected chi connectivity index (χ3v) is 5.01. The zero-order valence-electron chi connectivity index (χ0n) is 13.8. The van der Waals surface area contributed by atoms with Crippen LogP contribution in [-0.4, -0.2) is 29.7 Å². The molecule has 1 aliphatic heterocycles. The molecule has 1 aliphatic carbocycles. The summed E-state index contributed by atoms with van der Waals surface area (Å²) in [7, 11) is -0.575. The van der Waals surface area contributed by atoms with Crippen LogP contribution in [0.3, 0.4) is 0 Å². The molecule has 0 bridgehead atoms. The van der Waals surface area contributed by atoms with Gasteiger partial charge in [-0.1, -0.05) is 11.8 Å². The summed E-state index contributed by atoms with van der Waals surface area (Å²) in [4.78, 5) is 4.05. The average Bonchev–Trinajstić information content (AvgIpc) is 3.21. The zero-order valence-corrected chi connectivity index (χ0v) is 13.8. The molecule has 2 heterocycles. The standard InChI is InChI=1S/C17H20BF2NO2/c1-15(2)16(3,4)23-18(22-15)13-6-10-21-11-12(13)5-7-17(8-9-17)14(19)20/h6,10-11,14H,8-9H2,1-4H3. The summed E-state index contributed by atoms with van der Waals surface area (Å²) in [5, 5.41) is 0. The van der Waals surface area contributed by atoms with Gasteiger partial charge < -0.3 is 9.31 Å². The van der Waals surface area contributed by atoms with Gasteiger partial charge in [0.25, 0.3) is 6.43 Å². The first-order valence-electron chi connectivity index (χ1n) is 7.78. The van der Waals surface area contributed by atoms with Crippen molar-refractivity contribution in [3.05, 3.63) is 24.0 Å². The van der Waals surface area contributed by atoms with E-state index in [1.54, 1.807) is 18.5 Å². The second kappa shape index (κ2) is 5.29. The molecule has 0 amide bonds. The molecule has 0 radical (unpaired) electrons. The minimum atomic E-state index is -2.41. The molecule has 0 atom stereocenters. The van der Waals surface area contributed by atoms with E-state index < -0.39 is 30.2 Å². The Hall–Kier alpha value is -1.45. The number of rotatable bonds is 2. The fourth-order valence-corrected chi connectivity index (χ4v) is 2.41. The SMILES string of the molecule is CC1(C)OB(c2ccncc2C#CC2(C(F)F)CC2)OC1(C)C. The van der Waals surface area contributed by atoms with Crippen LogP contribution in [0.25, 0.3) is 0 Å². The second-order valence-electron chi connectivity index (χ2n) is 7.26. The van der Waals surface area contributed by atoms with Gasteiger partial charge in [-0.25, -0.2) is 8.78 Å². The lowest BCUT2D eigenvalue weighted by atomic mass is 9.77. The molecular weight excluding hydrogens is 299 g/mol. The summed E-state index contributed by atoms with van der Waals surface area (Å²) in [5.41, 5.74) is -0.754. The van der Waals surface area contributed by atoms with E-state index in [0.717, 1.165) is 5.46 Å². The Morgan fingerprint density at radius 1 is 1.17 bits per heavy atom. The molecule has 1 saturated heterocycles. The molecular formula is C17H20BF2NO2. The van der Waals surface area contributed by atoms with E-state index in [-0.39, 0.29) is 0 Å².